The lowest BCUT2D eigenvalue weighted by molar-refractivity contribution is 0.430. The van der Waals surface area contributed by atoms with Crippen LogP contribution < -0.4 is 0 Å². The normalized spacial score (nSPS) is 12.8. The molecule has 0 rings (SSSR count). The average molecular weight is 419 g/mol. The minimum absolute atomic E-state index is 0.954. The molecule has 0 aliphatic heterocycles. The molecule has 0 bridgehead atoms. The van der Waals surface area contributed by atoms with Crippen molar-refractivity contribution in [3.8, 4) is 0 Å². The van der Waals surface area contributed by atoms with Crippen LogP contribution in [0, 0.1) is 19.8 Å². The Kier molecular flexibility index (Phi) is 26.5. The molecule has 0 spiro atoms. The zero-order valence-electron chi connectivity index (χ0n) is 21.1. The summed E-state index contributed by atoms with van der Waals surface area (Å²) in [5, 5.41) is 0. The third kappa shape index (κ3) is 25.8. The Morgan fingerprint density at radius 1 is 0.500 bits per heavy atom. The molecule has 0 aromatic rings. The quantitative estimate of drug-likeness (QED) is 0.129. The van der Waals surface area contributed by atoms with Gasteiger partial charge in [0.05, 0.1) is 0 Å². The molecule has 0 aromatic carbocycles. The van der Waals surface area contributed by atoms with Crippen LogP contribution >= 0.6 is 0 Å². The van der Waals surface area contributed by atoms with E-state index in [2.05, 4.69) is 26.8 Å². The molecule has 0 N–H and O–H groups in total. The molecule has 1 atom stereocenters. The van der Waals surface area contributed by atoms with Crippen LogP contribution in [0.1, 0.15) is 161 Å². The molecule has 2 radical (unpaired) electrons. The van der Waals surface area contributed by atoms with Crippen LogP contribution in [0.3, 0.4) is 0 Å². The molecule has 0 heteroatoms. The molecule has 1 unspecified atom stereocenters. The topological polar surface area (TPSA) is 0 Å². The van der Waals surface area contributed by atoms with Crippen LogP contribution in [0.5, 0.6) is 0 Å². The first kappa shape index (κ1) is 29.7. The Morgan fingerprint density at radius 2 is 0.833 bits per heavy atom. The van der Waals surface area contributed by atoms with Gasteiger partial charge in [-0.2, -0.15) is 0 Å². The summed E-state index contributed by atoms with van der Waals surface area (Å²) in [6, 6.07) is 0. The highest BCUT2D eigenvalue weighted by molar-refractivity contribution is 4.83. The van der Waals surface area contributed by atoms with Crippen molar-refractivity contribution in [3.63, 3.8) is 0 Å². The maximum absolute atomic E-state index is 3.92. The maximum Gasteiger partial charge on any atom is -0.0316 e. The van der Waals surface area contributed by atoms with E-state index in [1.807, 2.05) is 6.08 Å². The molecule has 0 aliphatic carbocycles. The first-order chi connectivity index (χ1) is 14.8. The molecule has 0 nitrogen and oxygen atoms in total. The van der Waals surface area contributed by atoms with Crippen molar-refractivity contribution in [2.45, 2.75) is 161 Å². The van der Waals surface area contributed by atoms with Crippen molar-refractivity contribution in [3.05, 3.63) is 26.0 Å². The fourth-order valence-corrected chi connectivity index (χ4v) is 4.52. The number of allylic oxidation sites excluding steroid dienone is 2. The van der Waals surface area contributed by atoms with Gasteiger partial charge < -0.3 is 0 Å². The number of hydrogen-bond acceptors (Lipinski definition) is 0. The minimum atomic E-state index is 0.954. The van der Waals surface area contributed by atoms with Crippen molar-refractivity contribution in [1.82, 2.24) is 0 Å². The van der Waals surface area contributed by atoms with Crippen molar-refractivity contribution < 1.29 is 0 Å². The summed E-state index contributed by atoms with van der Waals surface area (Å²) in [6.45, 7) is 10.1. The lowest BCUT2D eigenvalue weighted by Crippen LogP contribution is -1.95. The van der Waals surface area contributed by atoms with E-state index in [9.17, 15) is 0 Å². The molecule has 0 amide bonds. The second-order valence-electron chi connectivity index (χ2n) is 9.87. The minimum Gasteiger partial charge on any atom is -0.0885 e. The van der Waals surface area contributed by atoms with Gasteiger partial charge in [0.1, 0.15) is 0 Å². The number of rotatable bonds is 25. The third-order valence-electron chi connectivity index (χ3n) is 6.68. The summed E-state index contributed by atoms with van der Waals surface area (Å²) in [5.41, 5.74) is 0. The fourth-order valence-electron chi connectivity index (χ4n) is 4.52. The van der Waals surface area contributed by atoms with Gasteiger partial charge in [0.15, 0.2) is 0 Å². The van der Waals surface area contributed by atoms with Crippen molar-refractivity contribution >= 4 is 0 Å². The Hall–Kier alpha value is -0.260. The van der Waals surface area contributed by atoms with E-state index in [1.165, 1.54) is 148 Å². The van der Waals surface area contributed by atoms with Crippen LogP contribution in [0.2, 0.25) is 0 Å². The summed E-state index contributed by atoms with van der Waals surface area (Å²) in [5.74, 6) is 0.954. The molecular weight excluding hydrogens is 360 g/mol. The van der Waals surface area contributed by atoms with Crippen molar-refractivity contribution in [2.75, 3.05) is 0 Å². The van der Waals surface area contributed by atoms with E-state index in [0.29, 0.717) is 0 Å². The monoisotopic (exact) mass is 418 g/mol. The molecule has 178 valence electrons. The second kappa shape index (κ2) is 26.8. The van der Waals surface area contributed by atoms with Crippen LogP contribution in [0.4, 0.5) is 0 Å². The van der Waals surface area contributed by atoms with Crippen LogP contribution in [-0.4, -0.2) is 0 Å². The van der Waals surface area contributed by atoms with E-state index in [-0.39, 0.29) is 0 Å². The van der Waals surface area contributed by atoms with Gasteiger partial charge in [-0.15, -0.1) is 0 Å². The first-order valence-corrected chi connectivity index (χ1v) is 14.0. The summed E-state index contributed by atoms with van der Waals surface area (Å²) in [4.78, 5) is 0. The molecule has 30 heavy (non-hydrogen) atoms. The standard InChI is InChI=1S/C30H58/c1-4-6-8-10-12-14-16-18-20-22-24-26-28-30(3)29-27-25-23-21-19-17-15-13-11-9-7-5-2/h4,6,30H,1-2,5,7-29H2,3H3/b6-4+. The maximum atomic E-state index is 3.92. The summed E-state index contributed by atoms with van der Waals surface area (Å²) in [7, 11) is 0. The van der Waals surface area contributed by atoms with Gasteiger partial charge in [0.2, 0.25) is 0 Å². The second-order valence-corrected chi connectivity index (χ2v) is 9.87. The first-order valence-electron chi connectivity index (χ1n) is 14.0. The molecule has 0 aliphatic rings. The van der Waals surface area contributed by atoms with Crippen LogP contribution in [0.25, 0.3) is 0 Å². The van der Waals surface area contributed by atoms with E-state index in [4.69, 9.17) is 0 Å². The highest BCUT2D eigenvalue weighted by Gasteiger charge is 2.02. The largest absolute Gasteiger partial charge is 0.0885 e. The summed E-state index contributed by atoms with van der Waals surface area (Å²) >= 11 is 0. The summed E-state index contributed by atoms with van der Waals surface area (Å²) in [6.07, 6.45) is 38.2. The molecule has 0 saturated carbocycles. The molecular formula is C30H58. The molecule has 0 heterocycles. The van der Waals surface area contributed by atoms with Crippen LogP contribution in [-0.2, 0) is 0 Å². The van der Waals surface area contributed by atoms with Gasteiger partial charge >= 0.3 is 0 Å². The highest BCUT2D eigenvalue weighted by Crippen LogP contribution is 2.19. The average Bonchev–Trinajstić information content (AvgIpc) is 2.75. The Morgan fingerprint density at radius 3 is 1.20 bits per heavy atom. The molecule has 0 saturated heterocycles. The van der Waals surface area contributed by atoms with Crippen LogP contribution in [0.15, 0.2) is 12.2 Å². The van der Waals surface area contributed by atoms with E-state index in [0.717, 1.165) is 12.3 Å². The number of hydrogen-bond donors (Lipinski definition) is 0. The van der Waals surface area contributed by atoms with Gasteiger partial charge in [0, 0.05) is 0 Å². The molecule has 0 fully saturated rings. The number of unbranched alkanes of at least 4 members (excludes halogenated alkanes) is 20. The predicted octanol–water partition coefficient (Wildman–Crippen LogP) is 11.2. The Labute approximate surface area is 193 Å². The van der Waals surface area contributed by atoms with Crippen molar-refractivity contribution in [1.29, 1.82) is 0 Å². The van der Waals surface area contributed by atoms with Gasteiger partial charge in [0.25, 0.3) is 0 Å². The lowest BCUT2D eigenvalue weighted by atomic mass is 9.95. The highest BCUT2D eigenvalue weighted by atomic mass is 14.1. The van der Waals surface area contributed by atoms with Gasteiger partial charge in [-0.05, 0) is 25.7 Å². The third-order valence-corrected chi connectivity index (χ3v) is 6.68. The van der Waals surface area contributed by atoms with E-state index >= 15 is 0 Å². The Bertz CT molecular complexity index is 316. The van der Waals surface area contributed by atoms with Gasteiger partial charge in [-0.25, -0.2) is 0 Å². The van der Waals surface area contributed by atoms with Gasteiger partial charge in [-0.1, -0.05) is 167 Å². The zero-order valence-corrected chi connectivity index (χ0v) is 21.1. The van der Waals surface area contributed by atoms with Gasteiger partial charge in [-0.3, -0.25) is 0 Å². The lowest BCUT2D eigenvalue weighted by Gasteiger charge is -2.11. The zero-order chi connectivity index (χ0) is 22.0. The van der Waals surface area contributed by atoms with E-state index < -0.39 is 0 Å². The van der Waals surface area contributed by atoms with E-state index in [1.54, 1.807) is 0 Å². The smallest absolute Gasteiger partial charge is 0.0316 e. The fraction of sp³-hybridized carbons (Fsp3) is 0.867. The van der Waals surface area contributed by atoms with Crippen molar-refractivity contribution in [2.24, 2.45) is 5.92 Å². The summed E-state index contributed by atoms with van der Waals surface area (Å²) < 4.78 is 0. The Balaban J connectivity index is 3.14. The predicted molar refractivity (Wildman–Crippen MR) is 140 cm³/mol. The molecule has 0 aromatic heterocycles. The SMILES string of the molecule is [CH2]/C=C/CCCCCCCCCCCC(C)CCCCCCCCCCCCC[CH2].